The predicted octanol–water partition coefficient (Wildman–Crippen LogP) is 3.66. The van der Waals surface area contributed by atoms with Crippen LogP contribution in [0, 0.1) is 34.5 Å². The molecule has 6 atom stereocenters. The van der Waals surface area contributed by atoms with Crippen LogP contribution in [0.15, 0.2) is 30.3 Å². The molecule has 0 radical (unpaired) electrons. The second-order valence-electron chi connectivity index (χ2n) is 16.2. The Bertz CT molecular complexity index is 1500. The molecule has 1 heterocycles. The van der Waals surface area contributed by atoms with Crippen molar-refractivity contribution in [2.45, 2.75) is 111 Å². The molecule has 1 aromatic carbocycles. The van der Waals surface area contributed by atoms with Gasteiger partial charge < -0.3 is 20.9 Å². The molecule has 12 heteroatoms. The quantitative estimate of drug-likeness (QED) is 0.252. The number of ketones is 2. The molecule has 2 saturated carbocycles. The summed E-state index contributed by atoms with van der Waals surface area (Å²) in [6, 6.07) is 4.64. The first-order valence-corrected chi connectivity index (χ1v) is 19.0. The first-order valence-electron chi connectivity index (χ1n) is 17.2. The van der Waals surface area contributed by atoms with Gasteiger partial charge in [0.1, 0.15) is 12.1 Å². The summed E-state index contributed by atoms with van der Waals surface area (Å²) >= 11 is 0. The Balaban J connectivity index is 1.50. The van der Waals surface area contributed by atoms with Gasteiger partial charge in [-0.15, -0.1) is 0 Å². The van der Waals surface area contributed by atoms with Crippen LogP contribution in [0.2, 0.25) is 0 Å². The van der Waals surface area contributed by atoms with Crippen molar-refractivity contribution in [1.29, 1.82) is 0 Å². The highest BCUT2D eigenvalue weighted by molar-refractivity contribution is 7.90. The number of sulfone groups is 1. The number of nitrogens with one attached hydrogen (secondary N) is 3. The monoisotopic (exact) mass is 686 g/mol. The number of piperidine rings is 1. The largest absolute Gasteiger partial charge is 0.344 e. The Kier molecular flexibility index (Phi) is 11.2. The van der Waals surface area contributed by atoms with Crippen LogP contribution in [0.3, 0.4) is 0 Å². The molecule has 3 unspecified atom stereocenters. The van der Waals surface area contributed by atoms with Crippen molar-refractivity contribution in [3.63, 3.8) is 0 Å². The SMILES string of the molecule is CC(=O)C(=O)C(CC1CCC1)NC(=O)[C@@H]1C2C(CN1C(=O)[C@@H](NC(=O)N[C@H](CS(=O)(=O)Cc1ccccc1)C(C)C)C(C)(C)C)C2(C)C. The van der Waals surface area contributed by atoms with Crippen LogP contribution in [0.5, 0.6) is 0 Å². The molecule has 266 valence electrons. The van der Waals surface area contributed by atoms with Crippen molar-refractivity contribution in [1.82, 2.24) is 20.9 Å². The molecule has 48 heavy (non-hydrogen) atoms. The number of nitrogens with zero attached hydrogens (tertiary/aromatic N) is 1. The lowest BCUT2D eigenvalue weighted by molar-refractivity contribution is -0.145. The number of hydrogen-bond donors (Lipinski definition) is 3. The highest BCUT2D eigenvalue weighted by Crippen LogP contribution is 2.65. The van der Waals surface area contributed by atoms with E-state index in [9.17, 15) is 32.4 Å². The normalized spacial score (nSPS) is 23.7. The molecule has 3 fully saturated rings. The maximum atomic E-state index is 14.3. The van der Waals surface area contributed by atoms with E-state index >= 15 is 0 Å². The van der Waals surface area contributed by atoms with E-state index in [4.69, 9.17) is 0 Å². The Morgan fingerprint density at radius 2 is 1.60 bits per heavy atom. The molecule has 3 N–H and O–H groups in total. The van der Waals surface area contributed by atoms with Gasteiger partial charge in [0, 0.05) is 19.5 Å². The zero-order valence-electron chi connectivity index (χ0n) is 29.7. The van der Waals surface area contributed by atoms with Crippen molar-refractivity contribution in [2.24, 2.45) is 34.5 Å². The average Bonchev–Trinajstić information content (AvgIpc) is 3.27. The zero-order chi connectivity index (χ0) is 35.8. The Morgan fingerprint density at radius 3 is 2.12 bits per heavy atom. The van der Waals surface area contributed by atoms with E-state index in [0.29, 0.717) is 18.5 Å². The van der Waals surface area contributed by atoms with E-state index in [1.165, 1.54) is 11.8 Å². The lowest BCUT2D eigenvalue weighted by atomic mass is 9.79. The van der Waals surface area contributed by atoms with Crippen molar-refractivity contribution in [2.75, 3.05) is 12.3 Å². The molecular weight excluding hydrogens is 632 g/mol. The fourth-order valence-corrected chi connectivity index (χ4v) is 9.16. The number of hydrogen-bond acceptors (Lipinski definition) is 7. The van der Waals surface area contributed by atoms with Crippen LogP contribution in [0.4, 0.5) is 4.79 Å². The third kappa shape index (κ3) is 8.65. The van der Waals surface area contributed by atoms with E-state index in [1.807, 2.05) is 40.7 Å². The fraction of sp³-hybridized carbons (Fsp3) is 0.694. The van der Waals surface area contributed by atoms with Crippen LogP contribution in [-0.4, -0.2) is 79.2 Å². The molecule has 0 bridgehead atoms. The molecule has 0 spiro atoms. The minimum absolute atomic E-state index is 0.0698. The van der Waals surface area contributed by atoms with Crippen LogP contribution < -0.4 is 16.0 Å². The van der Waals surface area contributed by atoms with E-state index in [-0.39, 0.29) is 40.6 Å². The fourth-order valence-electron chi connectivity index (χ4n) is 7.33. The van der Waals surface area contributed by atoms with Gasteiger partial charge in [-0.3, -0.25) is 19.2 Å². The lowest BCUT2D eigenvalue weighted by Gasteiger charge is -2.38. The second-order valence-corrected chi connectivity index (χ2v) is 18.3. The van der Waals surface area contributed by atoms with Crippen molar-refractivity contribution < 1.29 is 32.4 Å². The maximum Gasteiger partial charge on any atom is 0.315 e. The molecule has 3 aliphatic rings. The van der Waals surface area contributed by atoms with Gasteiger partial charge >= 0.3 is 6.03 Å². The number of fused-ring (bicyclic) bond motifs is 1. The van der Waals surface area contributed by atoms with Crippen LogP contribution >= 0.6 is 0 Å². The summed E-state index contributed by atoms with van der Waals surface area (Å²) in [7, 11) is -3.57. The van der Waals surface area contributed by atoms with E-state index < -0.39 is 68.8 Å². The van der Waals surface area contributed by atoms with Gasteiger partial charge in [0.05, 0.1) is 17.5 Å². The first kappa shape index (κ1) is 37.5. The van der Waals surface area contributed by atoms with Crippen LogP contribution in [0.25, 0.3) is 0 Å². The summed E-state index contributed by atoms with van der Waals surface area (Å²) in [5.74, 6) is -2.55. The van der Waals surface area contributed by atoms with Gasteiger partial charge in [-0.25, -0.2) is 13.2 Å². The number of amides is 4. The third-order valence-corrected chi connectivity index (χ3v) is 12.3. The first-order chi connectivity index (χ1) is 22.2. The standard InChI is InChI=1S/C36H54N4O7S/c1-21(2)27(20-48(46,47)19-24-13-10-9-11-14-24)38-34(45)39-31(35(4,5)6)33(44)40-18-25-28(36(25,7)8)29(40)32(43)37-26(30(42)22(3)41)17-23-15-12-16-23/h9-11,13-14,21,23,25-29,31H,12,15-20H2,1-8H3,(H,37,43)(H2,38,39,45)/t25?,26?,27-,28?,29+,31-/m1/s1. The Morgan fingerprint density at radius 1 is 0.979 bits per heavy atom. The number of Topliss-reactive ketones (excluding diaryl/α,β-unsaturated/α-hetero) is 2. The number of carbonyl (C=O) groups is 5. The molecule has 11 nitrogen and oxygen atoms in total. The summed E-state index contributed by atoms with van der Waals surface area (Å²) in [4.78, 5) is 68.2. The molecule has 0 aromatic heterocycles. The van der Waals surface area contributed by atoms with Crippen molar-refractivity contribution in [3.05, 3.63) is 35.9 Å². The van der Waals surface area contributed by atoms with Gasteiger partial charge in [0.2, 0.25) is 17.6 Å². The zero-order valence-corrected chi connectivity index (χ0v) is 30.5. The van der Waals surface area contributed by atoms with Crippen LogP contribution in [0.1, 0.15) is 86.6 Å². The van der Waals surface area contributed by atoms with Gasteiger partial charge in [-0.05, 0) is 46.5 Å². The number of benzene rings is 1. The maximum absolute atomic E-state index is 14.3. The van der Waals surface area contributed by atoms with Crippen molar-refractivity contribution in [3.8, 4) is 0 Å². The van der Waals surface area contributed by atoms with Crippen molar-refractivity contribution >= 4 is 39.2 Å². The Labute approximate surface area is 285 Å². The van der Waals surface area contributed by atoms with Gasteiger partial charge in [-0.2, -0.15) is 0 Å². The van der Waals surface area contributed by atoms with Crippen LogP contribution in [-0.2, 0) is 34.8 Å². The molecule has 4 rings (SSSR count). The third-order valence-electron chi connectivity index (χ3n) is 10.7. The summed E-state index contributed by atoms with van der Waals surface area (Å²) in [5.41, 5.74) is -0.292. The van der Waals surface area contributed by atoms with Gasteiger partial charge in [-0.1, -0.05) is 98.1 Å². The molecule has 1 aromatic rings. The lowest BCUT2D eigenvalue weighted by Crippen LogP contribution is -2.62. The minimum atomic E-state index is -3.57. The highest BCUT2D eigenvalue weighted by atomic mass is 32.2. The number of rotatable bonds is 14. The van der Waals surface area contributed by atoms with E-state index in [0.717, 1.165) is 19.3 Å². The minimum Gasteiger partial charge on any atom is -0.344 e. The summed E-state index contributed by atoms with van der Waals surface area (Å²) < 4.78 is 26.1. The molecule has 2 aliphatic carbocycles. The topological polar surface area (TPSA) is 159 Å². The summed E-state index contributed by atoms with van der Waals surface area (Å²) in [5, 5.41) is 8.47. The smallest absolute Gasteiger partial charge is 0.315 e. The number of carbonyl (C=O) groups excluding carboxylic acids is 5. The number of likely N-dealkylation sites (tertiary alicyclic amines) is 1. The van der Waals surface area contributed by atoms with Gasteiger partial charge in [0.25, 0.3) is 0 Å². The van der Waals surface area contributed by atoms with E-state index in [1.54, 1.807) is 24.3 Å². The summed E-state index contributed by atoms with van der Waals surface area (Å²) in [6.45, 7) is 14.7. The molecule has 4 amide bonds. The Hall–Kier alpha value is -3.28. The van der Waals surface area contributed by atoms with Gasteiger partial charge in [0.15, 0.2) is 15.6 Å². The molecule has 1 aliphatic heterocycles. The average molecular weight is 687 g/mol. The highest BCUT2D eigenvalue weighted by Gasteiger charge is 2.70. The predicted molar refractivity (Wildman–Crippen MR) is 183 cm³/mol. The van der Waals surface area contributed by atoms with E-state index in [2.05, 4.69) is 29.8 Å². The number of urea groups is 1. The molecular formula is C36H54N4O7S. The summed E-state index contributed by atoms with van der Waals surface area (Å²) in [6.07, 6.45) is 3.34. The second kappa shape index (κ2) is 14.3. The molecule has 1 saturated heterocycles.